The molecule has 0 saturated heterocycles. The van der Waals surface area contributed by atoms with E-state index in [1.165, 1.54) is 22.3 Å². The SMILES string of the molecule is COc1nccnc1C(C)C1=C(CCN(C)CCO)Cc2ccccc21. The number of allylic oxidation sites excluding steroid dienone is 1. The molecule has 0 amide bonds. The normalized spacial score (nSPS) is 14.7. The van der Waals surface area contributed by atoms with Gasteiger partial charge in [-0.2, -0.15) is 0 Å². The van der Waals surface area contributed by atoms with E-state index in [2.05, 4.69) is 46.1 Å². The first kappa shape index (κ1) is 18.5. The molecule has 1 atom stereocenters. The molecule has 0 saturated carbocycles. The van der Waals surface area contributed by atoms with Gasteiger partial charge in [-0.15, -0.1) is 0 Å². The molecule has 1 heterocycles. The van der Waals surface area contributed by atoms with Crippen molar-refractivity contribution < 1.29 is 9.84 Å². The number of methoxy groups -OCH3 is 1. The molecule has 5 nitrogen and oxygen atoms in total. The Balaban J connectivity index is 1.95. The van der Waals surface area contributed by atoms with Crippen LogP contribution in [0.2, 0.25) is 0 Å². The van der Waals surface area contributed by atoms with Crippen molar-refractivity contribution in [2.45, 2.75) is 25.7 Å². The first-order valence-corrected chi connectivity index (χ1v) is 9.10. The van der Waals surface area contributed by atoms with Gasteiger partial charge >= 0.3 is 0 Å². The highest BCUT2D eigenvalue weighted by molar-refractivity contribution is 5.80. The van der Waals surface area contributed by atoms with Gasteiger partial charge in [0.05, 0.1) is 13.7 Å². The molecule has 0 radical (unpaired) electrons. The lowest BCUT2D eigenvalue weighted by Crippen LogP contribution is -2.23. The molecule has 2 aromatic rings. The Morgan fingerprint density at radius 2 is 1.96 bits per heavy atom. The zero-order chi connectivity index (χ0) is 18.5. The Hall–Kier alpha value is -2.24. The Morgan fingerprint density at radius 3 is 2.73 bits per heavy atom. The number of aliphatic hydroxyl groups is 1. The van der Waals surface area contributed by atoms with Crippen molar-refractivity contribution in [3.8, 4) is 5.88 Å². The summed E-state index contributed by atoms with van der Waals surface area (Å²) in [6, 6.07) is 8.61. The lowest BCUT2D eigenvalue weighted by Gasteiger charge is -2.20. The minimum Gasteiger partial charge on any atom is -0.480 e. The zero-order valence-corrected chi connectivity index (χ0v) is 15.8. The minimum atomic E-state index is 0.112. The molecular weight excluding hydrogens is 326 g/mol. The van der Waals surface area contributed by atoms with Crippen molar-refractivity contribution in [2.24, 2.45) is 0 Å². The van der Waals surface area contributed by atoms with Crippen LogP contribution in [0, 0.1) is 0 Å². The number of aliphatic hydroxyl groups excluding tert-OH is 1. The van der Waals surface area contributed by atoms with Gasteiger partial charge in [-0.1, -0.05) is 36.8 Å². The maximum atomic E-state index is 9.13. The number of aromatic nitrogens is 2. The van der Waals surface area contributed by atoms with E-state index in [0.717, 1.165) is 25.1 Å². The largest absolute Gasteiger partial charge is 0.480 e. The number of ether oxygens (including phenoxy) is 1. The van der Waals surface area contributed by atoms with E-state index in [1.807, 2.05) is 7.05 Å². The summed E-state index contributed by atoms with van der Waals surface area (Å²) < 4.78 is 5.45. The summed E-state index contributed by atoms with van der Waals surface area (Å²) in [4.78, 5) is 11.1. The highest BCUT2D eigenvalue weighted by Gasteiger charge is 2.28. The maximum absolute atomic E-state index is 9.13. The van der Waals surface area contributed by atoms with E-state index in [4.69, 9.17) is 9.84 Å². The lowest BCUT2D eigenvalue weighted by molar-refractivity contribution is 0.222. The van der Waals surface area contributed by atoms with Crippen molar-refractivity contribution in [3.63, 3.8) is 0 Å². The topological polar surface area (TPSA) is 58.5 Å². The molecule has 0 aliphatic heterocycles. The van der Waals surface area contributed by atoms with Crippen LogP contribution < -0.4 is 4.74 Å². The van der Waals surface area contributed by atoms with Crippen LogP contribution in [0.25, 0.3) is 5.57 Å². The van der Waals surface area contributed by atoms with E-state index in [9.17, 15) is 0 Å². The second-order valence-corrected chi connectivity index (χ2v) is 6.80. The van der Waals surface area contributed by atoms with Crippen molar-refractivity contribution in [2.75, 3.05) is 33.9 Å². The monoisotopic (exact) mass is 353 g/mol. The van der Waals surface area contributed by atoms with Crippen LogP contribution in [0.4, 0.5) is 0 Å². The summed E-state index contributed by atoms with van der Waals surface area (Å²) in [6.07, 6.45) is 5.35. The van der Waals surface area contributed by atoms with E-state index in [1.54, 1.807) is 19.5 Å². The molecule has 1 aromatic carbocycles. The molecule has 26 heavy (non-hydrogen) atoms. The Bertz CT molecular complexity index is 788. The highest BCUT2D eigenvalue weighted by Crippen LogP contribution is 2.43. The minimum absolute atomic E-state index is 0.112. The van der Waals surface area contributed by atoms with Gasteiger partial charge in [0.1, 0.15) is 5.69 Å². The molecule has 138 valence electrons. The molecule has 3 rings (SSSR count). The first-order chi connectivity index (χ1) is 12.7. The molecule has 0 spiro atoms. The number of hydrogen-bond acceptors (Lipinski definition) is 5. The van der Waals surface area contributed by atoms with E-state index >= 15 is 0 Å². The highest BCUT2D eigenvalue weighted by atomic mass is 16.5. The van der Waals surface area contributed by atoms with Gasteiger partial charge in [0.25, 0.3) is 0 Å². The number of rotatable bonds is 8. The molecule has 5 heteroatoms. The fraction of sp³-hybridized carbons (Fsp3) is 0.429. The summed E-state index contributed by atoms with van der Waals surface area (Å²) in [5, 5.41) is 9.13. The fourth-order valence-electron chi connectivity index (χ4n) is 3.75. The van der Waals surface area contributed by atoms with Crippen LogP contribution in [-0.2, 0) is 6.42 Å². The third kappa shape index (κ3) is 3.79. The van der Waals surface area contributed by atoms with Crippen LogP contribution in [0.3, 0.4) is 0 Å². The van der Waals surface area contributed by atoms with Gasteiger partial charge in [0.15, 0.2) is 0 Å². The second kappa shape index (κ2) is 8.43. The van der Waals surface area contributed by atoms with Gasteiger partial charge < -0.3 is 14.7 Å². The van der Waals surface area contributed by atoms with Crippen molar-refractivity contribution in [1.29, 1.82) is 0 Å². The molecule has 1 unspecified atom stereocenters. The van der Waals surface area contributed by atoms with Crippen LogP contribution in [0.15, 0.2) is 42.2 Å². The number of nitrogens with zero attached hydrogens (tertiary/aromatic N) is 3. The number of hydrogen-bond donors (Lipinski definition) is 1. The molecule has 0 fully saturated rings. The first-order valence-electron chi connectivity index (χ1n) is 9.10. The zero-order valence-electron chi connectivity index (χ0n) is 15.8. The molecular formula is C21H27N3O2. The van der Waals surface area contributed by atoms with Gasteiger partial charge in [0.2, 0.25) is 5.88 Å². The summed E-state index contributed by atoms with van der Waals surface area (Å²) in [5.74, 6) is 0.703. The lowest BCUT2D eigenvalue weighted by atomic mass is 9.90. The molecule has 1 N–H and O–H groups in total. The third-order valence-electron chi connectivity index (χ3n) is 5.10. The third-order valence-corrected chi connectivity index (χ3v) is 5.10. The Labute approximate surface area is 155 Å². The van der Waals surface area contributed by atoms with Crippen LogP contribution in [-0.4, -0.2) is 53.8 Å². The van der Waals surface area contributed by atoms with Crippen molar-refractivity contribution >= 4 is 5.57 Å². The van der Waals surface area contributed by atoms with Crippen molar-refractivity contribution in [1.82, 2.24) is 14.9 Å². The average molecular weight is 353 g/mol. The second-order valence-electron chi connectivity index (χ2n) is 6.80. The number of fused-ring (bicyclic) bond motifs is 1. The van der Waals surface area contributed by atoms with E-state index in [0.29, 0.717) is 12.4 Å². The fourth-order valence-corrected chi connectivity index (χ4v) is 3.75. The van der Waals surface area contributed by atoms with Crippen LogP contribution in [0.1, 0.15) is 36.1 Å². The Kier molecular flexibility index (Phi) is 6.01. The van der Waals surface area contributed by atoms with Crippen LogP contribution in [0.5, 0.6) is 5.88 Å². The van der Waals surface area contributed by atoms with Gasteiger partial charge in [-0.05, 0) is 36.6 Å². The maximum Gasteiger partial charge on any atom is 0.235 e. The van der Waals surface area contributed by atoms with E-state index < -0.39 is 0 Å². The molecule has 1 aromatic heterocycles. The number of likely N-dealkylation sites (N-methyl/N-ethyl adjacent to an activating group) is 1. The van der Waals surface area contributed by atoms with Crippen LogP contribution >= 0.6 is 0 Å². The predicted octanol–water partition coefficient (Wildman–Crippen LogP) is 2.91. The molecule has 0 bridgehead atoms. The predicted molar refractivity (Wildman–Crippen MR) is 103 cm³/mol. The molecule has 1 aliphatic carbocycles. The number of benzene rings is 1. The Morgan fingerprint density at radius 1 is 1.19 bits per heavy atom. The summed E-state index contributed by atoms with van der Waals surface area (Å²) >= 11 is 0. The quantitative estimate of drug-likeness (QED) is 0.791. The summed E-state index contributed by atoms with van der Waals surface area (Å²) in [7, 11) is 3.69. The molecule has 1 aliphatic rings. The van der Waals surface area contributed by atoms with E-state index in [-0.39, 0.29) is 12.5 Å². The average Bonchev–Trinajstić information content (AvgIpc) is 3.04. The summed E-state index contributed by atoms with van der Waals surface area (Å²) in [5.41, 5.74) is 6.35. The standard InChI is InChI=1S/C21H27N3O2/c1-15(20-21(26-3)23-10-9-22-20)19-17(8-11-24(2)12-13-25)14-16-6-4-5-7-18(16)19/h4-7,9-10,15,25H,8,11-14H2,1-3H3. The summed E-state index contributed by atoms with van der Waals surface area (Å²) in [6.45, 7) is 4.00. The van der Waals surface area contributed by atoms with Gasteiger partial charge in [-0.25, -0.2) is 4.98 Å². The van der Waals surface area contributed by atoms with Gasteiger partial charge in [-0.3, -0.25) is 4.98 Å². The van der Waals surface area contributed by atoms with Crippen molar-refractivity contribution in [3.05, 3.63) is 59.1 Å². The smallest absolute Gasteiger partial charge is 0.235 e. The van der Waals surface area contributed by atoms with Gasteiger partial charge in [0, 0.05) is 31.4 Å².